The van der Waals surface area contributed by atoms with Crippen LogP contribution in [0.2, 0.25) is 0 Å². The van der Waals surface area contributed by atoms with Gasteiger partial charge < -0.3 is 41.7 Å². The second-order valence-electron chi connectivity index (χ2n) is 11.4. The molecule has 2 bridgehead atoms. The molecule has 22 heteroatoms. The van der Waals surface area contributed by atoms with Crippen molar-refractivity contribution in [3.63, 3.8) is 0 Å². The molecule has 2 rings (SSSR count). The van der Waals surface area contributed by atoms with E-state index in [0.29, 0.717) is 0 Å². The van der Waals surface area contributed by atoms with Crippen molar-refractivity contribution in [2.75, 3.05) is 88.3 Å². The number of nitrogens with one attached hydrogen (secondary N) is 2. The summed E-state index contributed by atoms with van der Waals surface area (Å²) in [6, 6.07) is -6.38. The maximum atomic E-state index is 14.0. The Morgan fingerprint density at radius 3 is 1.26 bits per heavy atom. The Morgan fingerprint density at radius 1 is 0.600 bits per heavy atom. The quantitative estimate of drug-likeness (QED) is 0.222. The maximum Gasteiger partial charge on any atom is 0.246 e. The molecule has 6 atom stereocenters. The fourth-order valence-corrected chi connectivity index (χ4v) is 10.5. The van der Waals surface area contributed by atoms with Crippen LogP contribution in [0.1, 0.15) is 0 Å². The first kappa shape index (κ1) is 44.3. The number of carbonyl (C=O) groups excluding carboxylic acids is 8. The zero-order valence-corrected chi connectivity index (χ0v) is 33.7. The molecule has 2 aliphatic rings. The number of nitrogens with two attached hydrogens (primary N) is 2. The van der Waals surface area contributed by atoms with Crippen molar-refractivity contribution in [2.45, 2.75) is 36.3 Å². The van der Waals surface area contributed by atoms with Gasteiger partial charge in [-0.25, -0.2) is 0 Å². The molecule has 6 amide bonds. The predicted molar refractivity (Wildman–Crippen MR) is 205 cm³/mol. The molecule has 2 fully saturated rings. The highest BCUT2D eigenvalue weighted by atomic mass is 33.1. The summed E-state index contributed by atoms with van der Waals surface area (Å²) >= 11 is 4.23. The molecule has 0 aromatic carbocycles. The van der Waals surface area contributed by atoms with E-state index in [1.54, 1.807) is 12.5 Å². The average Bonchev–Trinajstić information content (AvgIpc) is 3.10. The molecule has 0 aromatic heterocycles. The maximum absolute atomic E-state index is 14.0. The fraction of sp³-hybridized carbons (Fsp3) is 0.714. The van der Waals surface area contributed by atoms with Crippen LogP contribution in [0.5, 0.6) is 0 Å². The lowest BCUT2D eigenvalue weighted by molar-refractivity contribution is -0.144. The van der Waals surface area contributed by atoms with Gasteiger partial charge in [-0.3, -0.25) is 38.4 Å². The Balaban J connectivity index is 2.64. The highest BCUT2D eigenvalue weighted by Gasteiger charge is 2.38. The van der Waals surface area contributed by atoms with Crippen LogP contribution >= 0.6 is 68.6 Å². The Kier molecular flexibility index (Phi) is 19.2. The van der Waals surface area contributed by atoms with Crippen molar-refractivity contribution in [1.82, 2.24) is 30.2 Å². The summed E-state index contributed by atoms with van der Waals surface area (Å²) in [6.45, 7) is -0.950. The van der Waals surface area contributed by atoms with E-state index in [2.05, 4.69) is 10.6 Å². The van der Waals surface area contributed by atoms with Crippen molar-refractivity contribution in [2.24, 2.45) is 11.5 Å². The van der Waals surface area contributed by atoms with Gasteiger partial charge in [0.15, 0.2) is 0 Å². The standard InChI is InChI=1S/C28H46N8O8S6/c1-33-17-13-49-50-14-18(26(42)36(4)20(12-46-6)28(44)48-9-15(29)23(39)31-7-21(33)37)34(2)22(38)8-32-24(40)16(30)10-47-27(43)19(11-45-5)35(3)25(17)41/h15-20H,7-14,29-30H2,1-6H3,(H,31,39)(H,32,40)/t15-,16-,17?,18?,19+,20+/m1/s1. The molecular formula is C28H46N8O8S6. The number of amides is 6. The Morgan fingerprint density at radius 2 is 0.940 bits per heavy atom. The lowest BCUT2D eigenvalue weighted by Crippen LogP contribution is -2.57. The van der Waals surface area contributed by atoms with Gasteiger partial charge in [-0.05, 0) is 12.5 Å². The molecule has 2 unspecified atom stereocenters. The van der Waals surface area contributed by atoms with E-state index in [9.17, 15) is 38.4 Å². The Bertz CT molecular complexity index is 1190. The molecule has 6 N–H and O–H groups in total. The smallest absolute Gasteiger partial charge is 0.246 e. The third-order valence-corrected chi connectivity index (χ3v) is 13.8. The number of carbonyl (C=O) groups is 8. The third kappa shape index (κ3) is 12.4. The highest BCUT2D eigenvalue weighted by Crippen LogP contribution is 2.28. The molecule has 2 saturated heterocycles. The van der Waals surface area contributed by atoms with Crippen molar-refractivity contribution in [1.29, 1.82) is 0 Å². The highest BCUT2D eigenvalue weighted by molar-refractivity contribution is 8.76. The lowest BCUT2D eigenvalue weighted by Gasteiger charge is -2.35. The molecule has 16 nitrogen and oxygen atoms in total. The summed E-state index contributed by atoms with van der Waals surface area (Å²) in [6.07, 6.45) is 3.54. The van der Waals surface area contributed by atoms with E-state index in [-0.39, 0.29) is 34.5 Å². The first-order valence-corrected chi connectivity index (χ1v) is 22.5. The molecule has 0 saturated carbocycles. The Labute approximate surface area is 317 Å². The van der Waals surface area contributed by atoms with Crippen LogP contribution in [0.15, 0.2) is 0 Å². The van der Waals surface area contributed by atoms with Crippen LogP contribution < -0.4 is 22.1 Å². The van der Waals surface area contributed by atoms with Gasteiger partial charge in [0.2, 0.25) is 45.7 Å². The number of fused-ring (bicyclic) bond motifs is 5. The van der Waals surface area contributed by atoms with Crippen LogP contribution in [0, 0.1) is 0 Å². The molecule has 282 valence electrons. The number of likely N-dealkylation sites (N-methyl/N-ethyl adjacent to an activating group) is 4. The number of thioether (sulfide) groups is 4. The number of nitrogens with zero attached hydrogens (tertiary/aromatic N) is 4. The predicted octanol–water partition coefficient (Wildman–Crippen LogP) is -2.16. The van der Waals surface area contributed by atoms with E-state index in [0.717, 1.165) is 23.5 Å². The molecule has 2 heterocycles. The second kappa shape index (κ2) is 21.6. The monoisotopic (exact) mass is 814 g/mol. The van der Waals surface area contributed by atoms with Gasteiger partial charge in [-0.15, -0.1) is 0 Å². The van der Waals surface area contributed by atoms with Crippen LogP contribution in [-0.2, 0) is 38.4 Å². The average molecular weight is 815 g/mol. The zero-order chi connectivity index (χ0) is 37.7. The van der Waals surface area contributed by atoms with Crippen LogP contribution in [0.4, 0.5) is 0 Å². The number of rotatable bonds is 4. The minimum absolute atomic E-state index is 0.0242. The van der Waals surface area contributed by atoms with Gasteiger partial charge in [0.25, 0.3) is 0 Å². The third-order valence-electron chi connectivity index (χ3n) is 7.96. The van der Waals surface area contributed by atoms with E-state index in [1.165, 1.54) is 92.9 Å². The van der Waals surface area contributed by atoms with Gasteiger partial charge in [0.05, 0.1) is 25.2 Å². The second-order valence-corrected chi connectivity index (χ2v) is 17.8. The van der Waals surface area contributed by atoms with Crippen molar-refractivity contribution in [3.8, 4) is 0 Å². The van der Waals surface area contributed by atoms with Crippen LogP contribution in [0.25, 0.3) is 0 Å². The summed E-state index contributed by atoms with van der Waals surface area (Å²) in [5, 5.41) is 4.14. The van der Waals surface area contributed by atoms with E-state index >= 15 is 0 Å². The summed E-state index contributed by atoms with van der Waals surface area (Å²) in [5.41, 5.74) is 12.1. The topological polar surface area (TPSA) is 226 Å². The van der Waals surface area contributed by atoms with E-state index < -0.39 is 95.0 Å². The SMILES string of the molecule is CSC[C@H]1C(=O)SC[C@@H](N)C(=O)NCC(=O)N(C)C2CSSCC(C(=O)N1C)N(C)C(=O)CNC(=O)[C@H](N)CSC(=O)[C@H](CSC)N(C)C2=O. The fourth-order valence-electron chi connectivity index (χ4n) is 4.56. The van der Waals surface area contributed by atoms with Crippen LogP contribution in [0.3, 0.4) is 0 Å². The molecule has 50 heavy (non-hydrogen) atoms. The van der Waals surface area contributed by atoms with Gasteiger partial charge >= 0.3 is 0 Å². The molecule has 0 radical (unpaired) electrons. The first-order chi connectivity index (χ1) is 23.6. The molecular weight excluding hydrogens is 769 g/mol. The molecule has 0 spiro atoms. The summed E-state index contributed by atoms with van der Waals surface area (Å²) in [4.78, 5) is 112. The molecule has 0 aliphatic carbocycles. The van der Waals surface area contributed by atoms with Crippen molar-refractivity contribution < 1.29 is 38.4 Å². The number of hydrogen-bond acceptors (Lipinski definition) is 16. The first-order valence-electron chi connectivity index (χ1n) is 15.2. The molecule has 0 aromatic rings. The number of hydrogen-bond donors (Lipinski definition) is 4. The summed E-state index contributed by atoms with van der Waals surface area (Å²) < 4.78 is 0. The van der Waals surface area contributed by atoms with Crippen LogP contribution in [-0.4, -0.2) is 190 Å². The van der Waals surface area contributed by atoms with E-state index in [4.69, 9.17) is 11.5 Å². The minimum Gasteiger partial charge on any atom is -0.346 e. The van der Waals surface area contributed by atoms with E-state index in [1.807, 2.05) is 0 Å². The largest absolute Gasteiger partial charge is 0.346 e. The lowest BCUT2D eigenvalue weighted by atomic mass is 10.2. The van der Waals surface area contributed by atoms with Gasteiger partial charge in [0, 0.05) is 62.7 Å². The van der Waals surface area contributed by atoms with Crippen molar-refractivity contribution in [3.05, 3.63) is 0 Å². The summed E-state index contributed by atoms with van der Waals surface area (Å²) in [5.74, 6) is -3.42. The minimum atomic E-state index is -1.17. The zero-order valence-electron chi connectivity index (χ0n) is 28.8. The Hall–Kier alpha value is -1.82. The van der Waals surface area contributed by atoms with Gasteiger partial charge in [-0.2, -0.15) is 23.5 Å². The van der Waals surface area contributed by atoms with Gasteiger partial charge in [-0.1, -0.05) is 45.1 Å². The normalized spacial score (nSPS) is 28.8. The van der Waals surface area contributed by atoms with Crippen molar-refractivity contribution >= 4 is 114 Å². The summed E-state index contributed by atoms with van der Waals surface area (Å²) in [7, 11) is 8.10. The molecule has 2 aliphatic heterocycles. The van der Waals surface area contributed by atoms with Gasteiger partial charge in [0.1, 0.15) is 24.2 Å².